The lowest BCUT2D eigenvalue weighted by atomic mass is 10.0. The van der Waals surface area contributed by atoms with Crippen molar-refractivity contribution in [3.8, 4) is 6.07 Å². The standard InChI is InChI=1S/C32H41N4O6P/c1-22(2)36(23(3)4)43(40-18-12-17-33)42-27-19-29(35-20-24(5)31(37)34-32(35)38)41-28(27)21-39-30(25-13-8-6-9-14-25)26-15-10-7-11-16-26/h6-11,13-16,20,22-23,27-30H,12,18-19,21H2,1-5H3,(H,34,37,38)/t27-,28+,29+,43?/m0/s1. The minimum absolute atomic E-state index is 0.117. The second-order valence-corrected chi connectivity index (χ2v) is 12.5. The van der Waals surface area contributed by atoms with Crippen LogP contribution in [0.4, 0.5) is 0 Å². The van der Waals surface area contributed by atoms with E-state index in [-0.39, 0.29) is 37.8 Å². The molecule has 10 nitrogen and oxygen atoms in total. The molecule has 2 heterocycles. The molecule has 3 aromatic rings. The molecule has 11 heteroatoms. The van der Waals surface area contributed by atoms with E-state index in [4.69, 9.17) is 23.8 Å². The lowest BCUT2D eigenvalue weighted by Gasteiger charge is -2.37. The second-order valence-electron chi connectivity index (χ2n) is 11.1. The van der Waals surface area contributed by atoms with Gasteiger partial charge in [0.1, 0.15) is 18.4 Å². The predicted molar refractivity (Wildman–Crippen MR) is 165 cm³/mol. The molecule has 2 aromatic carbocycles. The highest BCUT2D eigenvalue weighted by Gasteiger charge is 2.42. The predicted octanol–water partition coefficient (Wildman–Crippen LogP) is 5.60. The maximum atomic E-state index is 12.8. The summed E-state index contributed by atoms with van der Waals surface area (Å²) >= 11 is 0. The molecule has 1 aliphatic rings. The third-order valence-electron chi connectivity index (χ3n) is 7.16. The van der Waals surface area contributed by atoms with Gasteiger partial charge in [-0.05, 0) is 45.7 Å². The zero-order chi connectivity index (χ0) is 30.9. The molecule has 1 N–H and O–H groups in total. The third-order valence-corrected chi connectivity index (χ3v) is 9.31. The number of nitrogens with one attached hydrogen (secondary N) is 1. The Balaban J connectivity index is 1.64. The molecule has 0 spiro atoms. The lowest BCUT2D eigenvalue weighted by Crippen LogP contribution is -2.36. The molecule has 0 radical (unpaired) electrons. The molecule has 0 amide bonds. The molecule has 0 bridgehead atoms. The van der Waals surface area contributed by atoms with Gasteiger partial charge in [0.25, 0.3) is 14.1 Å². The van der Waals surface area contributed by atoms with Crippen molar-refractivity contribution < 1.29 is 18.5 Å². The number of nitriles is 1. The Labute approximate surface area is 254 Å². The van der Waals surface area contributed by atoms with Gasteiger partial charge in [-0.3, -0.25) is 14.3 Å². The summed E-state index contributed by atoms with van der Waals surface area (Å²) < 4.78 is 29.5. The Morgan fingerprint density at radius 1 is 1.05 bits per heavy atom. The van der Waals surface area contributed by atoms with Crippen LogP contribution in [-0.2, 0) is 18.5 Å². The Kier molecular flexibility index (Phi) is 11.8. The molecular formula is C32H41N4O6P. The van der Waals surface area contributed by atoms with Crippen LogP contribution < -0.4 is 11.2 Å². The van der Waals surface area contributed by atoms with Gasteiger partial charge in [-0.15, -0.1) is 0 Å². The fraction of sp³-hybridized carbons (Fsp3) is 0.469. The topological polar surface area (TPSA) is 119 Å². The normalized spacial score (nSPS) is 19.4. The van der Waals surface area contributed by atoms with Crippen molar-refractivity contribution in [2.24, 2.45) is 0 Å². The number of ether oxygens (including phenoxy) is 2. The molecule has 0 aliphatic carbocycles. The van der Waals surface area contributed by atoms with Crippen molar-refractivity contribution in [3.05, 3.63) is 104 Å². The average molecular weight is 609 g/mol. The highest BCUT2D eigenvalue weighted by Crippen LogP contribution is 2.50. The van der Waals surface area contributed by atoms with Gasteiger partial charge in [-0.1, -0.05) is 60.7 Å². The number of hydrogen-bond acceptors (Lipinski definition) is 8. The molecular weight excluding hydrogens is 567 g/mol. The van der Waals surface area contributed by atoms with E-state index in [1.165, 1.54) is 10.8 Å². The monoisotopic (exact) mass is 608 g/mol. The highest BCUT2D eigenvalue weighted by molar-refractivity contribution is 7.44. The number of hydrogen-bond donors (Lipinski definition) is 1. The van der Waals surface area contributed by atoms with E-state index < -0.39 is 38.2 Å². The van der Waals surface area contributed by atoms with E-state index in [9.17, 15) is 9.59 Å². The van der Waals surface area contributed by atoms with Gasteiger partial charge in [0.05, 0.1) is 31.8 Å². The smallest absolute Gasteiger partial charge is 0.330 e. The minimum atomic E-state index is -1.57. The van der Waals surface area contributed by atoms with Crippen LogP contribution >= 0.6 is 8.53 Å². The number of H-pyrrole nitrogens is 1. The minimum Gasteiger partial charge on any atom is -0.366 e. The zero-order valence-electron chi connectivity index (χ0n) is 25.4. The van der Waals surface area contributed by atoms with Crippen molar-refractivity contribution >= 4 is 8.53 Å². The summed E-state index contributed by atoms with van der Waals surface area (Å²) in [4.78, 5) is 27.2. The molecule has 0 saturated carbocycles. The van der Waals surface area contributed by atoms with Crippen LogP contribution in [0.3, 0.4) is 0 Å². The Bertz CT molecular complexity index is 1410. The Morgan fingerprint density at radius 2 is 1.65 bits per heavy atom. The van der Waals surface area contributed by atoms with Crippen LogP contribution in [-0.4, -0.2) is 51.7 Å². The first-order valence-electron chi connectivity index (χ1n) is 14.6. The van der Waals surface area contributed by atoms with Gasteiger partial charge in [0.2, 0.25) is 0 Å². The fourth-order valence-electron chi connectivity index (χ4n) is 5.17. The fourth-order valence-corrected chi connectivity index (χ4v) is 6.93. The van der Waals surface area contributed by atoms with Crippen molar-refractivity contribution in [3.63, 3.8) is 0 Å². The van der Waals surface area contributed by atoms with Crippen molar-refractivity contribution in [1.29, 1.82) is 5.26 Å². The molecule has 1 fully saturated rings. The van der Waals surface area contributed by atoms with Gasteiger partial charge in [0.15, 0.2) is 0 Å². The van der Waals surface area contributed by atoms with Crippen LogP contribution in [0, 0.1) is 18.3 Å². The summed E-state index contributed by atoms with van der Waals surface area (Å²) in [6.07, 6.45) is 0.0182. The number of aromatic amines is 1. The molecule has 4 rings (SSSR count). The molecule has 1 saturated heterocycles. The van der Waals surface area contributed by atoms with Gasteiger partial charge in [-0.25, -0.2) is 9.46 Å². The number of aromatic nitrogens is 2. The van der Waals surface area contributed by atoms with Gasteiger partial charge < -0.3 is 18.5 Å². The Morgan fingerprint density at radius 3 is 2.21 bits per heavy atom. The summed E-state index contributed by atoms with van der Waals surface area (Å²) in [5.41, 5.74) is 1.42. The van der Waals surface area contributed by atoms with E-state index in [1.807, 2.05) is 60.7 Å². The van der Waals surface area contributed by atoms with Crippen molar-refractivity contribution in [2.45, 2.75) is 84.1 Å². The molecule has 1 unspecified atom stereocenters. The number of aryl methyl sites for hydroxylation is 1. The maximum absolute atomic E-state index is 12.8. The molecule has 230 valence electrons. The highest BCUT2D eigenvalue weighted by atomic mass is 31.2. The van der Waals surface area contributed by atoms with Crippen LogP contribution in [0.5, 0.6) is 0 Å². The first-order chi connectivity index (χ1) is 20.7. The SMILES string of the molecule is Cc1cn([C@H]2C[C@H](OP(OCCC#N)N(C(C)C)C(C)C)[C@@H](COC(c3ccccc3)c3ccccc3)O2)c(=O)[nH]c1=O. The first-order valence-corrected chi connectivity index (χ1v) is 15.8. The van der Waals surface area contributed by atoms with Crippen LogP contribution in [0.2, 0.25) is 0 Å². The maximum Gasteiger partial charge on any atom is 0.330 e. The van der Waals surface area contributed by atoms with E-state index >= 15 is 0 Å². The van der Waals surface area contributed by atoms with E-state index in [1.54, 1.807) is 6.92 Å². The van der Waals surface area contributed by atoms with Gasteiger partial charge in [0, 0.05) is 30.3 Å². The van der Waals surface area contributed by atoms with E-state index in [0.717, 1.165) is 11.1 Å². The largest absolute Gasteiger partial charge is 0.366 e. The quantitative estimate of drug-likeness (QED) is 0.186. The van der Waals surface area contributed by atoms with Crippen LogP contribution in [0.15, 0.2) is 76.4 Å². The first kappa shape index (κ1) is 32.7. The van der Waals surface area contributed by atoms with Crippen LogP contribution in [0.1, 0.15) is 69.6 Å². The summed E-state index contributed by atoms with van der Waals surface area (Å²) in [5.74, 6) is 0. The summed E-state index contributed by atoms with van der Waals surface area (Å²) in [5, 5.41) is 9.13. The second kappa shape index (κ2) is 15.5. The number of benzene rings is 2. The lowest BCUT2D eigenvalue weighted by molar-refractivity contribution is -0.0729. The van der Waals surface area contributed by atoms with Gasteiger partial charge in [-0.2, -0.15) is 5.26 Å². The third kappa shape index (κ3) is 8.48. The molecule has 4 atom stereocenters. The molecule has 43 heavy (non-hydrogen) atoms. The summed E-state index contributed by atoms with van der Waals surface area (Å²) in [7, 11) is -1.57. The Hall–Kier alpha value is -3.16. The number of rotatable bonds is 14. The van der Waals surface area contributed by atoms with Crippen molar-refractivity contribution in [1.82, 2.24) is 14.2 Å². The van der Waals surface area contributed by atoms with Crippen LogP contribution in [0.25, 0.3) is 0 Å². The average Bonchev–Trinajstić information content (AvgIpc) is 3.38. The van der Waals surface area contributed by atoms with Crippen molar-refractivity contribution in [2.75, 3.05) is 13.2 Å². The summed E-state index contributed by atoms with van der Waals surface area (Å²) in [6.45, 7) is 10.4. The van der Waals surface area contributed by atoms with E-state index in [2.05, 4.69) is 43.4 Å². The summed E-state index contributed by atoms with van der Waals surface area (Å²) in [6, 6.07) is 22.3. The zero-order valence-corrected chi connectivity index (χ0v) is 26.3. The van der Waals surface area contributed by atoms with E-state index in [0.29, 0.717) is 12.0 Å². The number of nitrogens with zero attached hydrogens (tertiary/aromatic N) is 3. The van der Waals surface area contributed by atoms with Gasteiger partial charge >= 0.3 is 5.69 Å². The molecule has 1 aliphatic heterocycles. The molecule has 1 aromatic heterocycles.